The Labute approximate surface area is 182 Å². The number of morpholine rings is 1. The van der Waals surface area contributed by atoms with Crippen LogP contribution < -0.4 is 4.74 Å². The van der Waals surface area contributed by atoms with Crippen molar-refractivity contribution in [3.63, 3.8) is 0 Å². The predicted octanol–water partition coefficient (Wildman–Crippen LogP) is 5.19. The molecule has 5 rings (SSSR count). The average molecular weight is 426 g/mol. The minimum atomic E-state index is 0.764. The van der Waals surface area contributed by atoms with Crippen LogP contribution in [0.3, 0.4) is 0 Å². The van der Waals surface area contributed by atoms with Crippen molar-refractivity contribution in [2.75, 3.05) is 33.4 Å². The van der Waals surface area contributed by atoms with Crippen LogP contribution in [0.25, 0.3) is 21.5 Å². The van der Waals surface area contributed by atoms with Gasteiger partial charge >= 0.3 is 0 Å². The lowest BCUT2D eigenvalue weighted by Crippen LogP contribution is -2.35. The van der Waals surface area contributed by atoms with Crippen LogP contribution in [0.2, 0.25) is 0 Å². The zero-order valence-electron chi connectivity index (χ0n) is 17.8. The number of fused-ring (bicyclic) bond motifs is 1. The maximum absolute atomic E-state index is 5.76. The molecule has 3 heterocycles. The van der Waals surface area contributed by atoms with Crippen LogP contribution in [0, 0.1) is 5.92 Å². The Kier molecular flexibility index (Phi) is 6.07. The summed E-state index contributed by atoms with van der Waals surface area (Å²) in [6, 6.07) is 6.39. The van der Waals surface area contributed by atoms with E-state index in [-0.39, 0.29) is 0 Å². The number of aromatic nitrogens is 2. The fourth-order valence-electron chi connectivity index (χ4n) is 4.94. The molecule has 0 amide bonds. The zero-order chi connectivity index (χ0) is 20.3. The number of methoxy groups -OCH3 is 1. The second-order valence-corrected chi connectivity index (χ2v) is 9.45. The maximum atomic E-state index is 5.76. The number of thiazole rings is 1. The molecule has 0 N–H and O–H groups in total. The molecule has 1 aliphatic heterocycles. The smallest absolute Gasteiger partial charge is 0.143 e. The highest BCUT2D eigenvalue weighted by Gasteiger charge is 2.21. The predicted molar refractivity (Wildman–Crippen MR) is 122 cm³/mol. The number of nitrogens with zero attached hydrogens (tertiary/aromatic N) is 3. The highest BCUT2D eigenvalue weighted by atomic mass is 32.1. The third-order valence-corrected chi connectivity index (χ3v) is 7.46. The lowest BCUT2D eigenvalue weighted by atomic mass is 9.89. The molecule has 3 aromatic rings. The van der Waals surface area contributed by atoms with Crippen LogP contribution in [0.15, 0.2) is 29.8 Å². The number of rotatable bonds is 6. The molecule has 1 saturated carbocycles. The van der Waals surface area contributed by atoms with Gasteiger partial charge in [0.1, 0.15) is 10.8 Å². The normalized spacial score (nSPS) is 18.8. The minimum absolute atomic E-state index is 0.764. The van der Waals surface area contributed by atoms with Crippen molar-refractivity contribution in [1.82, 2.24) is 14.5 Å². The summed E-state index contributed by atoms with van der Waals surface area (Å²) >= 11 is 1.76. The van der Waals surface area contributed by atoms with Crippen molar-refractivity contribution in [2.45, 2.75) is 45.2 Å². The zero-order valence-corrected chi connectivity index (χ0v) is 18.6. The Morgan fingerprint density at radius 1 is 1.17 bits per heavy atom. The van der Waals surface area contributed by atoms with E-state index in [2.05, 4.69) is 39.2 Å². The molecule has 2 fully saturated rings. The first-order chi connectivity index (χ1) is 14.8. The number of ether oxygens (including phenoxy) is 2. The van der Waals surface area contributed by atoms with Gasteiger partial charge in [0, 0.05) is 48.7 Å². The van der Waals surface area contributed by atoms with Crippen molar-refractivity contribution >= 4 is 22.2 Å². The van der Waals surface area contributed by atoms with Crippen LogP contribution in [0.5, 0.6) is 5.75 Å². The largest absolute Gasteiger partial charge is 0.495 e. The summed E-state index contributed by atoms with van der Waals surface area (Å²) in [6.07, 6.45) is 9.12. The lowest BCUT2D eigenvalue weighted by molar-refractivity contribution is 0.0337. The Bertz CT molecular complexity index is 984. The molecule has 0 bridgehead atoms. The average Bonchev–Trinajstić information content (AvgIpc) is 3.40. The van der Waals surface area contributed by atoms with Gasteiger partial charge < -0.3 is 14.0 Å². The van der Waals surface area contributed by atoms with Gasteiger partial charge in [-0.25, -0.2) is 4.98 Å². The third kappa shape index (κ3) is 4.13. The Balaban J connectivity index is 1.46. The number of benzene rings is 1. The molecule has 1 aliphatic carbocycles. The number of para-hydroxylation sites is 1. The summed E-state index contributed by atoms with van der Waals surface area (Å²) in [7, 11) is 1.77. The molecule has 6 heteroatoms. The maximum Gasteiger partial charge on any atom is 0.143 e. The van der Waals surface area contributed by atoms with Crippen LogP contribution in [0.4, 0.5) is 0 Å². The standard InChI is InChI=1S/C24H31N3O2S/c1-28-22-9-5-8-20-21(16-27(23(20)22)14-18-6-3-2-4-7-18)24-25-19(17-30-24)15-26-10-12-29-13-11-26/h5,8-9,16-18H,2-4,6-7,10-15H2,1H3. The van der Waals surface area contributed by atoms with E-state index in [9.17, 15) is 0 Å². The fraction of sp³-hybridized carbons (Fsp3) is 0.542. The van der Waals surface area contributed by atoms with Gasteiger partial charge in [0.2, 0.25) is 0 Å². The number of hydrogen-bond donors (Lipinski definition) is 0. The molecule has 1 aromatic carbocycles. The second kappa shape index (κ2) is 9.08. The van der Waals surface area contributed by atoms with E-state index in [1.165, 1.54) is 48.6 Å². The highest BCUT2D eigenvalue weighted by molar-refractivity contribution is 7.13. The van der Waals surface area contributed by atoms with Crippen molar-refractivity contribution in [3.05, 3.63) is 35.5 Å². The van der Waals surface area contributed by atoms with Gasteiger partial charge in [0.05, 0.1) is 31.5 Å². The van der Waals surface area contributed by atoms with E-state index in [1.54, 1.807) is 18.4 Å². The van der Waals surface area contributed by atoms with Crippen molar-refractivity contribution in [3.8, 4) is 16.3 Å². The van der Waals surface area contributed by atoms with E-state index < -0.39 is 0 Å². The van der Waals surface area contributed by atoms with E-state index in [4.69, 9.17) is 14.5 Å². The molecular formula is C24H31N3O2S. The molecule has 1 saturated heterocycles. The molecule has 2 aromatic heterocycles. The van der Waals surface area contributed by atoms with Crippen LogP contribution in [-0.4, -0.2) is 47.9 Å². The minimum Gasteiger partial charge on any atom is -0.495 e. The third-order valence-electron chi connectivity index (χ3n) is 6.53. The van der Waals surface area contributed by atoms with Gasteiger partial charge in [-0.1, -0.05) is 31.4 Å². The highest BCUT2D eigenvalue weighted by Crippen LogP contribution is 2.38. The molecule has 5 nitrogen and oxygen atoms in total. The van der Waals surface area contributed by atoms with E-state index >= 15 is 0 Å². The molecule has 0 spiro atoms. The van der Waals surface area contributed by atoms with Crippen LogP contribution in [0.1, 0.15) is 37.8 Å². The molecule has 0 radical (unpaired) electrons. The summed E-state index contributed by atoms with van der Waals surface area (Å²) in [5.74, 6) is 1.72. The van der Waals surface area contributed by atoms with Crippen molar-refractivity contribution < 1.29 is 9.47 Å². The summed E-state index contributed by atoms with van der Waals surface area (Å²) in [5, 5.41) is 4.58. The van der Waals surface area contributed by atoms with E-state index in [1.807, 2.05) is 0 Å². The van der Waals surface area contributed by atoms with Gasteiger partial charge in [-0.3, -0.25) is 4.90 Å². The van der Waals surface area contributed by atoms with Crippen LogP contribution in [-0.2, 0) is 17.8 Å². The molecule has 30 heavy (non-hydrogen) atoms. The molecule has 0 atom stereocenters. The number of hydrogen-bond acceptors (Lipinski definition) is 5. The Morgan fingerprint density at radius 2 is 2.00 bits per heavy atom. The van der Waals surface area contributed by atoms with Gasteiger partial charge in [0.25, 0.3) is 0 Å². The van der Waals surface area contributed by atoms with E-state index in [0.717, 1.165) is 61.8 Å². The van der Waals surface area contributed by atoms with Gasteiger partial charge in [0.15, 0.2) is 0 Å². The lowest BCUT2D eigenvalue weighted by Gasteiger charge is -2.25. The molecule has 0 unspecified atom stereocenters. The van der Waals surface area contributed by atoms with Gasteiger partial charge in [-0.15, -0.1) is 11.3 Å². The topological polar surface area (TPSA) is 39.5 Å². The SMILES string of the molecule is COc1cccc2c(-c3nc(CN4CCOCC4)cs3)cn(CC3CCCCC3)c12. The summed E-state index contributed by atoms with van der Waals surface area (Å²) < 4.78 is 13.7. The molecule has 160 valence electrons. The summed E-state index contributed by atoms with van der Waals surface area (Å²) in [6.45, 7) is 5.61. The first-order valence-electron chi connectivity index (χ1n) is 11.2. The van der Waals surface area contributed by atoms with Crippen molar-refractivity contribution in [2.24, 2.45) is 5.92 Å². The fourth-order valence-corrected chi connectivity index (χ4v) is 5.78. The van der Waals surface area contributed by atoms with Crippen LogP contribution >= 0.6 is 11.3 Å². The quantitative estimate of drug-likeness (QED) is 0.545. The first kappa shape index (κ1) is 20.0. The Morgan fingerprint density at radius 3 is 2.80 bits per heavy atom. The monoisotopic (exact) mass is 425 g/mol. The van der Waals surface area contributed by atoms with Gasteiger partial charge in [-0.05, 0) is 24.8 Å². The Hall–Kier alpha value is -1.89. The van der Waals surface area contributed by atoms with Gasteiger partial charge in [-0.2, -0.15) is 0 Å². The second-order valence-electron chi connectivity index (χ2n) is 8.59. The summed E-state index contributed by atoms with van der Waals surface area (Å²) in [5.41, 5.74) is 3.61. The summed E-state index contributed by atoms with van der Waals surface area (Å²) in [4.78, 5) is 7.45. The van der Waals surface area contributed by atoms with Crippen molar-refractivity contribution in [1.29, 1.82) is 0 Å². The molecular weight excluding hydrogens is 394 g/mol. The van der Waals surface area contributed by atoms with E-state index in [0.29, 0.717) is 0 Å². The molecule has 2 aliphatic rings. The first-order valence-corrected chi connectivity index (χ1v) is 12.1.